The molecule has 0 atom stereocenters. The van der Waals surface area contributed by atoms with E-state index in [4.69, 9.17) is 11.6 Å². The van der Waals surface area contributed by atoms with Crippen molar-refractivity contribution in [2.75, 3.05) is 6.54 Å². The molecule has 0 aromatic heterocycles. The number of hydrogen-bond donors (Lipinski definition) is 0. The maximum atomic E-state index is 13.5. The number of amides is 2. The highest BCUT2D eigenvalue weighted by Crippen LogP contribution is 2.33. The van der Waals surface area contributed by atoms with Crippen molar-refractivity contribution in [1.82, 2.24) is 9.80 Å². The molecule has 1 aliphatic rings. The molecular weight excluding hydrogens is 408 g/mol. The van der Waals surface area contributed by atoms with Gasteiger partial charge in [-0.1, -0.05) is 84.4 Å². The molecule has 2 amide bonds. The number of nitrogens with zero attached hydrogens (tertiary/aromatic N) is 2. The van der Waals surface area contributed by atoms with Crippen LogP contribution in [0.1, 0.15) is 23.6 Å². The van der Waals surface area contributed by atoms with Crippen molar-refractivity contribution in [3.63, 3.8) is 0 Å². The summed E-state index contributed by atoms with van der Waals surface area (Å²) >= 11 is 6.06. The number of likely N-dealkylation sites (N-methyl/N-ethyl adjacent to an activating group) is 1. The van der Waals surface area contributed by atoms with Crippen LogP contribution in [0.15, 0.2) is 90.6 Å². The van der Waals surface area contributed by atoms with Crippen molar-refractivity contribution in [2.45, 2.75) is 20.0 Å². The third-order valence-electron chi connectivity index (χ3n) is 5.37. The molecule has 3 aromatic carbocycles. The molecule has 4 rings (SSSR count). The van der Waals surface area contributed by atoms with Crippen LogP contribution in [-0.2, 0) is 22.7 Å². The lowest BCUT2D eigenvalue weighted by molar-refractivity contribution is -0.138. The first-order chi connectivity index (χ1) is 15.1. The predicted molar refractivity (Wildman–Crippen MR) is 123 cm³/mol. The van der Waals surface area contributed by atoms with Gasteiger partial charge in [-0.15, -0.1) is 0 Å². The van der Waals surface area contributed by atoms with Crippen LogP contribution in [0.25, 0.3) is 5.57 Å². The van der Waals surface area contributed by atoms with Crippen LogP contribution in [0.4, 0.5) is 0 Å². The van der Waals surface area contributed by atoms with Crippen LogP contribution in [0.2, 0.25) is 5.02 Å². The number of rotatable bonds is 7. The molecule has 0 radical (unpaired) electrons. The third kappa shape index (κ3) is 4.39. The second-order valence-corrected chi connectivity index (χ2v) is 7.85. The summed E-state index contributed by atoms with van der Waals surface area (Å²) in [5, 5.41) is 0.584. The molecule has 0 N–H and O–H groups in total. The number of halogens is 1. The van der Waals surface area contributed by atoms with Crippen molar-refractivity contribution in [1.29, 1.82) is 0 Å². The van der Waals surface area contributed by atoms with Crippen molar-refractivity contribution < 1.29 is 9.59 Å². The monoisotopic (exact) mass is 430 g/mol. The van der Waals surface area contributed by atoms with Gasteiger partial charge in [-0.05, 0) is 35.7 Å². The zero-order valence-electron chi connectivity index (χ0n) is 17.3. The Morgan fingerprint density at radius 3 is 1.94 bits per heavy atom. The standard InChI is InChI=1S/C26H23ClN2O2/c1-2-28(17-19-9-5-3-6-10-19)24-23(21-13-15-22(27)16-14-21)25(30)29(26(24)31)18-20-11-7-4-8-12-20/h3-16H,2,17-18H2,1H3. The van der Waals surface area contributed by atoms with Gasteiger partial charge >= 0.3 is 0 Å². The van der Waals surface area contributed by atoms with E-state index in [0.717, 1.165) is 11.1 Å². The fourth-order valence-electron chi connectivity index (χ4n) is 3.80. The van der Waals surface area contributed by atoms with Crippen LogP contribution in [-0.4, -0.2) is 28.2 Å². The van der Waals surface area contributed by atoms with E-state index >= 15 is 0 Å². The lowest BCUT2D eigenvalue weighted by Gasteiger charge is -2.25. The van der Waals surface area contributed by atoms with Gasteiger partial charge in [0.1, 0.15) is 5.70 Å². The smallest absolute Gasteiger partial charge is 0.278 e. The Hall–Kier alpha value is -3.37. The Morgan fingerprint density at radius 2 is 1.35 bits per heavy atom. The lowest BCUT2D eigenvalue weighted by Crippen LogP contribution is -2.34. The summed E-state index contributed by atoms with van der Waals surface area (Å²) in [6.07, 6.45) is 0. The molecule has 31 heavy (non-hydrogen) atoms. The summed E-state index contributed by atoms with van der Waals surface area (Å²) in [6.45, 7) is 3.37. The maximum absolute atomic E-state index is 13.5. The normalized spacial score (nSPS) is 13.8. The average molecular weight is 431 g/mol. The third-order valence-corrected chi connectivity index (χ3v) is 5.63. The van der Waals surface area contributed by atoms with E-state index in [-0.39, 0.29) is 18.4 Å². The molecule has 156 valence electrons. The second-order valence-electron chi connectivity index (χ2n) is 7.41. The van der Waals surface area contributed by atoms with Gasteiger partial charge < -0.3 is 4.90 Å². The first-order valence-corrected chi connectivity index (χ1v) is 10.7. The molecule has 5 heteroatoms. The zero-order chi connectivity index (χ0) is 21.8. The summed E-state index contributed by atoms with van der Waals surface area (Å²) < 4.78 is 0. The Kier molecular flexibility index (Phi) is 6.19. The van der Waals surface area contributed by atoms with Crippen molar-refractivity contribution >= 4 is 29.0 Å². The Morgan fingerprint density at radius 1 is 0.774 bits per heavy atom. The largest absolute Gasteiger partial charge is 0.362 e. The van der Waals surface area contributed by atoms with Gasteiger partial charge in [-0.3, -0.25) is 14.5 Å². The van der Waals surface area contributed by atoms with Gasteiger partial charge in [0.2, 0.25) is 0 Å². The fourth-order valence-corrected chi connectivity index (χ4v) is 3.92. The molecule has 0 unspecified atom stereocenters. The summed E-state index contributed by atoms with van der Waals surface area (Å²) in [6, 6.07) is 26.6. The van der Waals surface area contributed by atoms with Gasteiger partial charge in [-0.2, -0.15) is 0 Å². The minimum absolute atomic E-state index is 0.238. The van der Waals surface area contributed by atoms with Crippen LogP contribution in [0, 0.1) is 0 Å². The molecule has 0 saturated carbocycles. The topological polar surface area (TPSA) is 40.6 Å². The fraction of sp³-hybridized carbons (Fsp3) is 0.154. The van der Waals surface area contributed by atoms with Crippen LogP contribution in [0.5, 0.6) is 0 Å². The number of benzene rings is 3. The minimum Gasteiger partial charge on any atom is -0.362 e. The highest BCUT2D eigenvalue weighted by molar-refractivity contribution is 6.35. The van der Waals surface area contributed by atoms with Gasteiger partial charge in [0, 0.05) is 18.1 Å². The highest BCUT2D eigenvalue weighted by Gasteiger charge is 2.41. The van der Waals surface area contributed by atoms with E-state index in [1.54, 1.807) is 24.3 Å². The van der Waals surface area contributed by atoms with E-state index in [2.05, 4.69) is 0 Å². The Balaban J connectivity index is 1.76. The van der Waals surface area contributed by atoms with Gasteiger partial charge in [-0.25, -0.2) is 0 Å². The first-order valence-electron chi connectivity index (χ1n) is 10.3. The first kappa shape index (κ1) is 20.9. The van der Waals surface area contributed by atoms with Crippen LogP contribution in [0.3, 0.4) is 0 Å². The molecular formula is C26H23ClN2O2. The number of carbonyl (C=O) groups excluding carboxylic acids is 2. The number of carbonyl (C=O) groups is 2. The molecule has 3 aromatic rings. The zero-order valence-corrected chi connectivity index (χ0v) is 18.0. The number of hydrogen-bond acceptors (Lipinski definition) is 3. The molecule has 1 heterocycles. The Labute approximate surface area is 187 Å². The van der Waals surface area contributed by atoms with Crippen molar-refractivity contribution in [3.05, 3.63) is 112 Å². The molecule has 4 nitrogen and oxygen atoms in total. The minimum atomic E-state index is -0.280. The lowest BCUT2D eigenvalue weighted by atomic mass is 10.0. The van der Waals surface area contributed by atoms with Crippen LogP contribution < -0.4 is 0 Å². The van der Waals surface area contributed by atoms with Gasteiger partial charge in [0.05, 0.1) is 12.1 Å². The summed E-state index contributed by atoms with van der Waals surface area (Å²) in [5.41, 5.74) is 3.55. The van der Waals surface area contributed by atoms with E-state index in [9.17, 15) is 9.59 Å². The van der Waals surface area contributed by atoms with Crippen molar-refractivity contribution in [2.24, 2.45) is 0 Å². The van der Waals surface area contributed by atoms with E-state index < -0.39 is 0 Å². The molecule has 0 saturated heterocycles. The van der Waals surface area contributed by atoms with Crippen molar-refractivity contribution in [3.8, 4) is 0 Å². The average Bonchev–Trinajstić information content (AvgIpc) is 3.04. The van der Waals surface area contributed by atoms with Gasteiger partial charge in [0.25, 0.3) is 11.8 Å². The number of imide groups is 1. The molecule has 0 fully saturated rings. The van der Waals surface area contributed by atoms with E-state index in [1.165, 1.54) is 4.90 Å². The second kappa shape index (κ2) is 9.19. The molecule has 0 bridgehead atoms. The summed E-state index contributed by atoms with van der Waals surface area (Å²) in [5.74, 6) is -0.547. The molecule has 1 aliphatic heterocycles. The summed E-state index contributed by atoms with van der Waals surface area (Å²) in [4.78, 5) is 30.3. The maximum Gasteiger partial charge on any atom is 0.278 e. The molecule has 0 spiro atoms. The van der Waals surface area contributed by atoms with Crippen LogP contribution >= 0.6 is 11.6 Å². The van der Waals surface area contributed by atoms with E-state index in [1.807, 2.05) is 72.5 Å². The highest BCUT2D eigenvalue weighted by atomic mass is 35.5. The SMILES string of the molecule is CCN(Cc1ccccc1)C1=C(c2ccc(Cl)cc2)C(=O)N(Cc2ccccc2)C1=O. The van der Waals surface area contributed by atoms with Gasteiger partial charge in [0.15, 0.2) is 0 Å². The van der Waals surface area contributed by atoms with E-state index in [0.29, 0.717) is 34.9 Å². The molecule has 0 aliphatic carbocycles. The predicted octanol–water partition coefficient (Wildman–Crippen LogP) is 5.14. The quantitative estimate of drug-likeness (QED) is 0.487. The Bertz CT molecular complexity index is 1110. The summed E-state index contributed by atoms with van der Waals surface area (Å²) in [7, 11) is 0.